The summed E-state index contributed by atoms with van der Waals surface area (Å²) in [6.07, 6.45) is 2.20. The predicted molar refractivity (Wildman–Crippen MR) is 32.3 cm³/mol. The SMILES string of the molecule is CCOOC#CSN. The molecule has 0 radical (unpaired) electrons. The second-order valence-electron chi connectivity index (χ2n) is 0.812. The lowest BCUT2D eigenvalue weighted by Gasteiger charge is -1.87. The highest BCUT2D eigenvalue weighted by atomic mass is 32.2. The molecule has 0 aromatic carbocycles. The molecular weight excluding hydrogens is 126 g/mol. The molecule has 0 aliphatic carbocycles. The summed E-state index contributed by atoms with van der Waals surface area (Å²) >= 11 is 0.886. The van der Waals surface area contributed by atoms with Gasteiger partial charge in [0.15, 0.2) is 6.11 Å². The highest BCUT2D eigenvalue weighted by molar-refractivity contribution is 8.01. The van der Waals surface area contributed by atoms with Gasteiger partial charge in [-0.15, -0.1) is 0 Å². The monoisotopic (exact) mass is 133 g/mol. The molecule has 4 heteroatoms. The maximum absolute atomic E-state index is 4.92. The molecule has 46 valence electrons. The van der Waals surface area contributed by atoms with E-state index in [1.54, 1.807) is 6.92 Å². The number of hydrogen-bond donors (Lipinski definition) is 1. The Morgan fingerprint density at radius 2 is 2.50 bits per heavy atom. The average molecular weight is 133 g/mol. The van der Waals surface area contributed by atoms with Crippen LogP contribution in [0, 0.1) is 11.4 Å². The normalized spacial score (nSPS) is 7.25. The molecule has 0 aliphatic rings. The van der Waals surface area contributed by atoms with Gasteiger partial charge in [0.1, 0.15) is 0 Å². The molecule has 2 N–H and O–H groups in total. The van der Waals surface area contributed by atoms with Crippen LogP contribution in [0.4, 0.5) is 0 Å². The second-order valence-corrected chi connectivity index (χ2v) is 1.25. The van der Waals surface area contributed by atoms with Gasteiger partial charge in [-0.2, -0.15) is 4.89 Å². The molecule has 0 rings (SSSR count). The van der Waals surface area contributed by atoms with Gasteiger partial charge < -0.3 is 0 Å². The molecular formula is C4H7NO2S. The van der Waals surface area contributed by atoms with Crippen molar-refractivity contribution >= 4 is 11.9 Å². The minimum atomic E-state index is 0.490. The average Bonchev–Trinajstić information content (AvgIpc) is 1.81. The molecule has 3 nitrogen and oxygen atoms in total. The first-order valence-corrected chi connectivity index (χ1v) is 2.94. The molecule has 0 saturated carbocycles. The van der Waals surface area contributed by atoms with Gasteiger partial charge in [-0.05, 0) is 6.92 Å². The largest absolute Gasteiger partial charge is 0.282 e. The number of hydrogen-bond acceptors (Lipinski definition) is 4. The smallest absolute Gasteiger partial charge is 0.170 e. The first kappa shape index (κ1) is 7.63. The number of rotatable bonds is 2. The van der Waals surface area contributed by atoms with Gasteiger partial charge in [0.25, 0.3) is 0 Å². The van der Waals surface area contributed by atoms with Gasteiger partial charge in [-0.3, -0.25) is 10.0 Å². The van der Waals surface area contributed by atoms with Crippen LogP contribution in [-0.4, -0.2) is 6.61 Å². The van der Waals surface area contributed by atoms with E-state index in [0.29, 0.717) is 6.61 Å². The van der Waals surface area contributed by atoms with Crippen molar-refractivity contribution in [2.45, 2.75) is 6.92 Å². The zero-order valence-electron chi connectivity index (χ0n) is 4.51. The maximum atomic E-state index is 4.92. The Morgan fingerprint density at radius 1 is 1.75 bits per heavy atom. The van der Waals surface area contributed by atoms with Crippen LogP contribution in [0.5, 0.6) is 0 Å². The lowest BCUT2D eigenvalue weighted by Crippen LogP contribution is -1.84. The molecule has 0 amide bonds. The summed E-state index contributed by atoms with van der Waals surface area (Å²) in [6.45, 7) is 2.29. The van der Waals surface area contributed by atoms with Crippen LogP contribution in [0.3, 0.4) is 0 Å². The first-order chi connectivity index (χ1) is 3.91. The lowest BCUT2D eigenvalue weighted by molar-refractivity contribution is -0.231. The Labute approximate surface area is 52.6 Å². The summed E-state index contributed by atoms with van der Waals surface area (Å²) in [4.78, 5) is 8.65. The highest BCUT2D eigenvalue weighted by Gasteiger charge is 1.71. The minimum Gasteiger partial charge on any atom is -0.282 e. The summed E-state index contributed by atoms with van der Waals surface area (Å²) in [5.74, 6) is 0. The van der Waals surface area contributed by atoms with Gasteiger partial charge in [0.05, 0.1) is 6.61 Å². The molecule has 0 heterocycles. The Kier molecular flexibility index (Phi) is 6.32. The quantitative estimate of drug-likeness (QED) is 0.196. The minimum absolute atomic E-state index is 0.490. The summed E-state index contributed by atoms with van der Waals surface area (Å²) in [5, 5.41) is 7.30. The summed E-state index contributed by atoms with van der Waals surface area (Å²) in [5.41, 5.74) is 0. The van der Waals surface area contributed by atoms with Gasteiger partial charge in [0, 0.05) is 17.2 Å². The summed E-state index contributed by atoms with van der Waals surface area (Å²) in [6, 6.07) is 0. The van der Waals surface area contributed by atoms with Crippen LogP contribution in [0.15, 0.2) is 0 Å². The molecule has 0 spiro atoms. The van der Waals surface area contributed by atoms with Crippen LogP contribution < -0.4 is 5.14 Å². The predicted octanol–water partition coefficient (Wildman–Crippen LogP) is 0.480. The van der Waals surface area contributed by atoms with Crippen molar-refractivity contribution in [2.75, 3.05) is 6.61 Å². The van der Waals surface area contributed by atoms with E-state index in [1.807, 2.05) is 0 Å². The van der Waals surface area contributed by atoms with Gasteiger partial charge in [-0.1, -0.05) is 0 Å². The molecule has 8 heavy (non-hydrogen) atoms. The molecule has 0 bridgehead atoms. The van der Waals surface area contributed by atoms with Crippen LogP contribution in [0.1, 0.15) is 6.92 Å². The van der Waals surface area contributed by atoms with E-state index in [0.717, 1.165) is 11.9 Å². The zero-order chi connectivity index (χ0) is 6.24. The fourth-order valence-corrected chi connectivity index (χ4v) is 0.212. The van der Waals surface area contributed by atoms with Crippen molar-refractivity contribution in [2.24, 2.45) is 5.14 Å². The van der Waals surface area contributed by atoms with Crippen LogP contribution >= 0.6 is 11.9 Å². The third kappa shape index (κ3) is 5.63. The van der Waals surface area contributed by atoms with Crippen molar-refractivity contribution in [3.8, 4) is 11.4 Å². The third-order valence-electron chi connectivity index (χ3n) is 0.319. The first-order valence-electron chi connectivity index (χ1n) is 2.06. The fourth-order valence-electron chi connectivity index (χ4n) is 0.129. The van der Waals surface area contributed by atoms with Crippen molar-refractivity contribution < 1.29 is 9.78 Å². The fraction of sp³-hybridized carbons (Fsp3) is 0.500. The van der Waals surface area contributed by atoms with Gasteiger partial charge in [-0.25, -0.2) is 0 Å². The van der Waals surface area contributed by atoms with Gasteiger partial charge >= 0.3 is 0 Å². The molecule has 0 saturated heterocycles. The van der Waals surface area contributed by atoms with E-state index < -0.39 is 0 Å². The van der Waals surface area contributed by atoms with E-state index in [-0.39, 0.29) is 0 Å². The Hall–Kier alpha value is -0.370. The molecule has 0 aromatic rings. The van der Waals surface area contributed by atoms with Crippen molar-refractivity contribution in [1.29, 1.82) is 0 Å². The highest BCUT2D eigenvalue weighted by Crippen LogP contribution is 1.78. The van der Waals surface area contributed by atoms with Crippen molar-refractivity contribution in [3.63, 3.8) is 0 Å². The second kappa shape index (κ2) is 6.63. The third-order valence-corrected chi connectivity index (χ3v) is 0.520. The van der Waals surface area contributed by atoms with E-state index in [1.165, 1.54) is 0 Å². The molecule has 0 fully saturated rings. The zero-order valence-corrected chi connectivity index (χ0v) is 5.33. The van der Waals surface area contributed by atoms with Crippen LogP contribution in [0.2, 0.25) is 0 Å². The van der Waals surface area contributed by atoms with Gasteiger partial charge in [0.2, 0.25) is 0 Å². The lowest BCUT2D eigenvalue weighted by atomic mass is 10.9. The molecule has 0 atom stereocenters. The summed E-state index contributed by atoms with van der Waals surface area (Å²) in [7, 11) is 0. The van der Waals surface area contributed by atoms with E-state index in [9.17, 15) is 0 Å². The molecule has 0 aromatic heterocycles. The summed E-state index contributed by atoms with van der Waals surface area (Å²) < 4.78 is 0. The molecule has 0 unspecified atom stereocenters. The topological polar surface area (TPSA) is 44.5 Å². The Bertz CT molecular complexity index is 95.9. The van der Waals surface area contributed by atoms with Crippen molar-refractivity contribution in [1.82, 2.24) is 0 Å². The van der Waals surface area contributed by atoms with E-state index >= 15 is 0 Å². The maximum Gasteiger partial charge on any atom is 0.170 e. The Morgan fingerprint density at radius 3 is 3.00 bits per heavy atom. The van der Waals surface area contributed by atoms with E-state index in [4.69, 9.17) is 5.14 Å². The number of nitrogens with two attached hydrogens (primary N) is 1. The van der Waals surface area contributed by atoms with Crippen LogP contribution in [0.25, 0.3) is 0 Å². The van der Waals surface area contributed by atoms with Crippen molar-refractivity contribution in [3.05, 3.63) is 0 Å². The standard InChI is InChI=1S/C4H7NO2S/c1-2-6-7-3-4-8-5/h2,5H2,1H3. The Balaban J connectivity index is 2.90. The van der Waals surface area contributed by atoms with Crippen LogP contribution in [-0.2, 0) is 9.78 Å². The molecule has 0 aliphatic heterocycles. The van der Waals surface area contributed by atoms with E-state index in [2.05, 4.69) is 21.1 Å².